The molecular formula is C15H16ClN5. The van der Waals surface area contributed by atoms with Crippen LogP contribution in [0.5, 0.6) is 0 Å². The highest BCUT2D eigenvalue weighted by molar-refractivity contribution is 6.33. The summed E-state index contributed by atoms with van der Waals surface area (Å²) in [6, 6.07) is 7.10. The molecule has 6 heteroatoms. The largest absolute Gasteiger partial charge is 0.383 e. The molecule has 0 atom stereocenters. The molecule has 0 radical (unpaired) electrons. The number of halogens is 1. The lowest BCUT2D eigenvalue weighted by Gasteiger charge is -2.13. The van der Waals surface area contributed by atoms with E-state index in [-0.39, 0.29) is 0 Å². The Morgan fingerprint density at radius 2 is 2.14 bits per heavy atom. The van der Waals surface area contributed by atoms with Crippen LogP contribution in [0.25, 0.3) is 0 Å². The average molecular weight is 302 g/mol. The van der Waals surface area contributed by atoms with Crippen LogP contribution in [-0.2, 0) is 6.42 Å². The summed E-state index contributed by atoms with van der Waals surface area (Å²) >= 11 is 6.16. The Morgan fingerprint density at radius 3 is 2.76 bits per heavy atom. The molecule has 0 bridgehead atoms. The molecule has 1 heterocycles. The van der Waals surface area contributed by atoms with E-state index in [1.165, 1.54) is 0 Å². The molecule has 2 aromatic rings. The summed E-state index contributed by atoms with van der Waals surface area (Å²) in [5, 5.41) is 12.5. The normalized spacial score (nSPS) is 10.2. The maximum Gasteiger partial charge on any atom is 0.139 e. The van der Waals surface area contributed by atoms with E-state index >= 15 is 0 Å². The van der Waals surface area contributed by atoms with Crippen molar-refractivity contribution >= 4 is 28.9 Å². The minimum atomic E-state index is 0.459. The first-order valence-corrected chi connectivity index (χ1v) is 7.02. The van der Waals surface area contributed by atoms with Gasteiger partial charge in [0.15, 0.2) is 0 Å². The Hall–Kier alpha value is -2.32. The van der Waals surface area contributed by atoms with E-state index < -0.39 is 0 Å². The summed E-state index contributed by atoms with van der Waals surface area (Å²) < 4.78 is 0. The number of aromatic nitrogens is 2. The van der Waals surface area contributed by atoms with Crippen LogP contribution in [0.3, 0.4) is 0 Å². The number of nitrogens with two attached hydrogens (primary N) is 1. The summed E-state index contributed by atoms with van der Waals surface area (Å²) in [6.07, 6.45) is 1.71. The van der Waals surface area contributed by atoms with Gasteiger partial charge < -0.3 is 11.1 Å². The van der Waals surface area contributed by atoms with Crippen molar-refractivity contribution in [1.82, 2.24) is 9.97 Å². The van der Waals surface area contributed by atoms with E-state index in [4.69, 9.17) is 22.6 Å². The zero-order chi connectivity index (χ0) is 15.4. The summed E-state index contributed by atoms with van der Waals surface area (Å²) in [4.78, 5) is 8.74. The van der Waals surface area contributed by atoms with E-state index in [1.807, 2.05) is 13.0 Å². The first-order valence-electron chi connectivity index (χ1n) is 6.64. The van der Waals surface area contributed by atoms with Crippen LogP contribution in [0.15, 0.2) is 18.2 Å². The lowest BCUT2D eigenvalue weighted by atomic mass is 10.2. The van der Waals surface area contributed by atoms with Gasteiger partial charge in [0.05, 0.1) is 22.3 Å². The highest BCUT2D eigenvalue weighted by Crippen LogP contribution is 2.28. The van der Waals surface area contributed by atoms with E-state index in [9.17, 15) is 0 Å². The number of aryl methyl sites for hydroxylation is 1. The van der Waals surface area contributed by atoms with Crippen LogP contribution in [0.1, 0.15) is 30.3 Å². The monoisotopic (exact) mass is 301 g/mol. The van der Waals surface area contributed by atoms with Crippen LogP contribution in [-0.4, -0.2) is 9.97 Å². The van der Waals surface area contributed by atoms with Crippen molar-refractivity contribution in [2.75, 3.05) is 11.1 Å². The van der Waals surface area contributed by atoms with Crippen molar-refractivity contribution in [3.05, 3.63) is 40.2 Å². The van der Waals surface area contributed by atoms with Gasteiger partial charge in [-0.05, 0) is 31.5 Å². The van der Waals surface area contributed by atoms with Gasteiger partial charge in [-0.2, -0.15) is 5.26 Å². The van der Waals surface area contributed by atoms with E-state index in [2.05, 4.69) is 22.2 Å². The highest BCUT2D eigenvalue weighted by atomic mass is 35.5. The second kappa shape index (κ2) is 6.42. The number of hydrogen-bond acceptors (Lipinski definition) is 5. The molecule has 1 aromatic carbocycles. The zero-order valence-electron chi connectivity index (χ0n) is 11.9. The van der Waals surface area contributed by atoms with Gasteiger partial charge in [0.1, 0.15) is 17.5 Å². The van der Waals surface area contributed by atoms with E-state index in [1.54, 1.807) is 18.2 Å². The minimum Gasteiger partial charge on any atom is -0.383 e. The Balaban J connectivity index is 2.37. The molecule has 0 amide bonds. The van der Waals surface area contributed by atoms with Crippen molar-refractivity contribution in [2.24, 2.45) is 0 Å². The molecule has 0 aliphatic carbocycles. The van der Waals surface area contributed by atoms with Crippen LogP contribution >= 0.6 is 11.6 Å². The van der Waals surface area contributed by atoms with Crippen LogP contribution < -0.4 is 11.1 Å². The molecule has 3 N–H and O–H groups in total. The fraction of sp³-hybridized carbons (Fsp3) is 0.267. The summed E-state index contributed by atoms with van der Waals surface area (Å²) in [5.41, 5.74) is 7.89. The summed E-state index contributed by atoms with van der Waals surface area (Å²) in [6.45, 7) is 3.91. The van der Waals surface area contributed by atoms with E-state index in [0.717, 1.165) is 18.4 Å². The van der Waals surface area contributed by atoms with Crippen molar-refractivity contribution in [3.8, 4) is 6.07 Å². The quantitative estimate of drug-likeness (QED) is 0.901. The SMILES string of the molecule is CCCc1nc(N)c(C)c(Nc2ccc(C#N)cc2Cl)n1. The molecular weight excluding hydrogens is 286 g/mol. The number of rotatable bonds is 4. The first-order chi connectivity index (χ1) is 10.0. The Kier molecular flexibility index (Phi) is 4.61. The topological polar surface area (TPSA) is 87.6 Å². The van der Waals surface area contributed by atoms with Gasteiger partial charge in [-0.3, -0.25) is 0 Å². The first kappa shape index (κ1) is 15.1. The molecule has 0 fully saturated rings. The number of nitriles is 1. The molecule has 0 saturated carbocycles. The molecule has 2 rings (SSSR count). The highest BCUT2D eigenvalue weighted by Gasteiger charge is 2.10. The van der Waals surface area contributed by atoms with Gasteiger partial charge >= 0.3 is 0 Å². The Bertz CT molecular complexity index is 706. The molecule has 5 nitrogen and oxygen atoms in total. The third-order valence-electron chi connectivity index (χ3n) is 3.05. The molecule has 0 spiro atoms. The van der Waals surface area contributed by atoms with E-state index in [0.29, 0.717) is 33.7 Å². The lowest BCUT2D eigenvalue weighted by molar-refractivity contribution is 0.836. The lowest BCUT2D eigenvalue weighted by Crippen LogP contribution is -2.07. The predicted molar refractivity (Wildman–Crippen MR) is 84.6 cm³/mol. The number of benzene rings is 1. The smallest absolute Gasteiger partial charge is 0.139 e. The second-order valence-electron chi connectivity index (χ2n) is 4.68. The van der Waals surface area contributed by atoms with Gasteiger partial charge in [-0.1, -0.05) is 18.5 Å². The molecule has 0 aliphatic heterocycles. The van der Waals surface area contributed by atoms with Gasteiger partial charge in [0.2, 0.25) is 0 Å². The van der Waals surface area contributed by atoms with Gasteiger partial charge in [0, 0.05) is 12.0 Å². The van der Waals surface area contributed by atoms with Crippen molar-refractivity contribution in [2.45, 2.75) is 26.7 Å². The number of nitrogens with zero attached hydrogens (tertiary/aromatic N) is 3. The van der Waals surface area contributed by atoms with Gasteiger partial charge in [-0.15, -0.1) is 0 Å². The maximum atomic E-state index is 8.85. The predicted octanol–water partition coefficient (Wildman–Crippen LogP) is 3.59. The molecule has 21 heavy (non-hydrogen) atoms. The number of nitrogen functional groups attached to an aromatic ring is 1. The zero-order valence-corrected chi connectivity index (χ0v) is 12.7. The molecule has 0 saturated heterocycles. The molecule has 1 aromatic heterocycles. The van der Waals surface area contributed by atoms with Crippen LogP contribution in [0, 0.1) is 18.3 Å². The molecule has 0 unspecified atom stereocenters. The van der Waals surface area contributed by atoms with Crippen molar-refractivity contribution < 1.29 is 0 Å². The minimum absolute atomic E-state index is 0.459. The average Bonchev–Trinajstić information content (AvgIpc) is 2.46. The van der Waals surface area contributed by atoms with Gasteiger partial charge in [-0.25, -0.2) is 9.97 Å². The summed E-state index contributed by atoms with van der Waals surface area (Å²) in [5.74, 6) is 1.80. The standard InChI is InChI=1S/C15H16ClN5/c1-3-4-13-20-14(18)9(2)15(21-13)19-12-6-5-10(8-17)7-11(12)16/h5-7H,3-4H2,1-2H3,(H3,18,19,20,21). The van der Waals surface area contributed by atoms with Gasteiger partial charge in [0.25, 0.3) is 0 Å². The fourth-order valence-electron chi connectivity index (χ4n) is 1.85. The van der Waals surface area contributed by atoms with Crippen molar-refractivity contribution in [3.63, 3.8) is 0 Å². The number of anilines is 3. The van der Waals surface area contributed by atoms with Crippen molar-refractivity contribution in [1.29, 1.82) is 5.26 Å². The molecule has 108 valence electrons. The third-order valence-corrected chi connectivity index (χ3v) is 3.37. The third kappa shape index (κ3) is 3.41. The maximum absolute atomic E-state index is 8.85. The van der Waals surface area contributed by atoms with Crippen LogP contribution in [0.4, 0.5) is 17.3 Å². The second-order valence-corrected chi connectivity index (χ2v) is 5.09. The fourth-order valence-corrected chi connectivity index (χ4v) is 2.08. The number of hydrogen-bond donors (Lipinski definition) is 2. The number of nitrogens with one attached hydrogen (secondary N) is 1. The Labute approximate surface area is 128 Å². The Morgan fingerprint density at radius 1 is 1.38 bits per heavy atom. The molecule has 0 aliphatic rings. The summed E-state index contributed by atoms with van der Waals surface area (Å²) in [7, 11) is 0. The van der Waals surface area contributed by atoms with Crippen LogP contribution in [0.2, 0.25) is 5.02 Å².